The summed E-state index contributed by atoms with van der Waals surface area (Å²) in [5.41, 5.74) is 2.08. The Morgan fingerprint density at radius 3 is 2.85 bits per heavy atom. The predicted octanol–water partition coefficient (Wildman–Crippen LogP) is 3.52. The number of hydrogen-bond acceptors (Lipinski definition) is 6. The summed E-state index contributed by atoms with van der Waals surface area (Å²) < 4.78 is 0. The average molecular weight is 428 g/mol. The molecule has 1 aliphatic heterocycles. The number of carbonyl (C=O) groups excluding carboxylic acids is 2. The lowest BCUT2D eigenvalue weighted by Crippen LogP contribution is -2.49. The van der Waals surface area contributed by atoms with E-state index in [4.69, 9.17) is 23.2 Å². The molecule has 2 heterocycles. The molecule has 2 atom stereocenters. The number of benzene rings is 1. The Kier molecular flexibility index (Phi) is 6.64. The fourth-order valence-electron chi connectivity index (χ4n) is 3.00. The van der Waals surface area contributed by atoms with Crippen LogP contribution >= 0.6 is 34.5 Å². The quantitative estimate of drug-likeness (QED) is 0.761. The van der Waals surface area contributed by atoms with E-state index in [0.29, 0.717) is 27.4 Å². The smallest absolute Gasteiger partial charge is 0.241 e. The van der Waals surface area contributed by atoms with Gasteiger partial charge in [0, 0.05) is 11.6 Å². The van der Waals surface area contributed by atoms with E-state index >= 15 is 0 Å². The fourth-order valence-corrected chi connectivity index (χ4v) is 3.90. The normalized spacial score (nSPS) is 18.7. The Balaban J connectivity index is 1.59. The molecule has 1 saturated heterocycles. The number of likely N-dealkylation sites (tertiary alicyclic amines) is 1. The molecule has 1 aliphatic rings. The van der Waals surface area contributed by atoms with Crippen LogP contribution in [0.3, 0.4) is 0 Å². The number of rotatable bonds is 5. The molecule has 3 rings (SSSR count). The van der Waals surface area contributed by atoms with Crippen LogP contribution in [0.25, 0.3) is 0 Å². The summed E-state index contributed by atoms with van der Waals surface area (Å²) in [6, 6.07) is 4.53. The van der Waals surface area contributed by atoms with Gasteiger partial charge < -0.3 is 10.6 Å². The molecule has 0 radical (unpaired) electrons. The minimum Gasteiger partial charge on any atom is -0.323 e. The number of amides is 2. The van der Waals surface area contributed by atoms with Gasteiger partial charge in [0.15, 0.2) is 0 Å². The van der Waals surface area contributed by atoms with Crippen LogP contribution in [-0.2, 0) is 9.59 Å². The first-order valence-electron chi connectivity index (χ1n) is 8.51. The van der Waals surface area contributed by atoms with Gasteiger partial charge in [0.2, 0.25) is 16.9 Å². The van der Waals surface area contributed by atoms with Crippen LogP contribution in [0.1, 0.15) is 19.8 Å². The summed E-state index contributed by atoms with van der Waals surface area (Å²) in [6.45, 7) is 3.09. The van der Waals surface area contributed by atoms with Crippen molar-refractivity contribution < 1.29 is 9.59 Å². The van der Waals surface area contributed by atoms with Gasteiger partial charge in [0.25, 0.3) is 0 Å². The molecule has 144 valence electrons. The highest BCUT2D eigenvalue weighted by atomic mass is 35.5. The first kappa shape index (κ1) is 20.0. The number of piperidine rings is 1. The fraction of sp³-hybridized carbons (Fsp3) is 0.412. The monoisotopic (exact) mass is 427 g/mol. The molecule has 2 aromatic rings. The highest BCUT2D eigenvalue weighted by Gasteiger charge is 2.31. The van der Waals surface area contributed by atoms with Crippen LogP contribution in [0, 0.1) is 5.92 Å². The first-order valence-corrected chi connectivity index (χ1v) is 10.1. The lowest BCUT2D eigenvalue weighted by Gasteiger charge is -2.35. The summed E-state index contributed by atoms with van der Waals surface area (Å²) in [6.07, 6.45) is 1.62. The first-order chi connectivity index (χ1) is 12.9. The zero-order valence-corrected chi connectivity index (χ0v) is 16.9. The highest BCUT2D eigenvalue weighted by Crippen LogP contribution is 2.26. The molecule has 2 amide bonds. The zero-order chi connectivity index (χ0) is 19.4. The van der Waals surface area contributed by atoms with Gasteiger partial charge in [-0.1, -0.05) is 34.5 Å². The number of nitrogens with one attached hydrogen (secondary N) is 2. The number of carbonyl (C=O) groups is 2. The summed E-state index contributed by atoms with van der Waals surface area (Å²) in [4.78, 5) is 27.1. The van der Waals surface area contributed by atoms with Crippen LogP contribution in [0.4, 0.5) is 10.8 Å². The van der Waals surface area contributed by atoms with Crippen LogP contribution in [0.5, 0.6) is 0 Å². The summed E-state index contributed by atoms with van der Waals surface area (Å²) in [5.74, 6) is -0.466. The van der Waals surface area contributed by atoms with Gasteiger partial charge in [-0.2, -0.15) is 0 Å². The van der Waals surface area contributed by atoms with Gasteiger partial charge in [-0.3, -0.25) is 14.5 Å². The molecular weight excluding hydrogens is 409 g/mol. The Bertz CT molecular complexity index is 818. The van der Waals surface area contributed by atoms with Crippen molar-refractivity contribution in [2.24, 2.45) is 5.92 Å². The van der Waals surface area contributed by atoms with E-state index in [-0.39, 0.29) is 17.7 Å². The third-order valence-electron chi connectivity index (χ3n) is 4.53. The van der Waals surface area contributed by atoms with Crippen molar-refractivity contribution in [2.75, 3.05) is 23.7 Å². The van der Waals surface area contributed by atoms with E-state index < -0.39 is 6.04 Å². The van der Waals surface area contributed by atoms with E-state index in [1.165, 1.54) is 11.3 Å². The minimum absolute atomic E-state index is 0.0928. The Morgan fingerprint density at radius 2 is 2.15 bits per heavy atom. The van der Waals surface area contributed by atoms with E-state index in [0.717, 1.165) is 19.4 Å². The van der Waals surface area contributed by atoms with Gasteiger partial charge in [0.05, 0.1) is 22.7 Å². The van der Waals surface area contributed by atoms with E-state index in [1.807, 2.05) is 11.8 Å². The third kappa shape index (κ3) is 5.16. The SMILES string of the molecule is C[C@@H](C(=O)Nc1ccc(Cl)cc1Cl)N1CCC[C@@H](C(=O)Nc2nncs2)C1. The molecule has 0 saturated carbocycles. The maximum Gasteiger partial charge on any atom is 0.241 e. The third-order valence-corrected chi connectivity index (χ3v) is 5.68. The van der Waals surface area contributed by atoms with Crippen LogP contribution in [-0.4, -0.2) is 46.0 Å². The van der Waals surface area contributed by atoms with Crippen molar-refractivity contribution in [3.8, 4) is 0 Å². The molecule has 2 N–H and O–H groups in total. The largest absolute Gasteiger partial charge is 0.323 e. The van der Waals surface area contributed by atoms with E-state index in [1.54, 1.807) is 23.7 Å². The van der Waals surface area contributed by atoms with Gasteiger partial charge >= 0.3 is 0 Å². The van der Waals surface area contributed by atoms with Gasteiger partial charge in [-0.15, -0.1) is 10.2 Å². The minimum atomic E-state index is -0.395. The second kappa shape index (κ2) is 8.97. The van der Waals surface area contributed by atoms with E-state index in [9.17, 15) is 9.59 Å². The number of anilines is 2. The van der Waals surface area contributed by atoms with Crippen molar-refractivity contribution in [3.05, 3.63) is 33.8 Å². The van der Waals surface area contributed by atoms with Crippen molar-refractivity contribution in [3.63, 3.8) is 0 Å². The zero-order valence-electron chi connectivity index (χ0n) is 14.6. The molecule has 27 heavy (non-hydrogen) atoms. The summed E-state index contributed by atoms with van der Waals surface area (Å²) in [5, 5.41) is 14.5. The lowest BCUT2D eigenvalue weighted by molar-refractivity contribution is -0.125. The molecule has 0 bridgehead atoms. The van der Waals surface area contributed by atoms with Crippen molar-refractivity contribution in [1.82, 2.24) is 15.1 Å². The van der Waals surface area contributed by atoms with Crippen molar-refractivity contribution in [2.45, 2.75) is 25.8 Å². The maximum atomic E-state index is 12.6. The Labute approximate surface area is 171 Å². The van der Waals surface area contributed by atoms with Gasteiger partial charge in [0.1, 0.15) is 5.51 Å². The second-order valence-electron chi connectivity index (χ2n) is 6.36. The summed E-state index contributed by atoms with van der Waals surface area (Å²) in [7, 11) is 0. The summed E-state index contributed by atoms with van der Waals surface area (Å²) >= 11 is 13.3. The van der Waals surface area contributed by atoms with Crippen LogP contribution in [0.2, 0.25) is 10.0 Å². The standard InChI is InChI=1S/C17H19Cl2N5O2S/c1-10(15(25)21-14-5-4-12(18)7-13(14)19)24-6-2-3-11(8-24)16(26)22-17-23-20-9-27-17/h4-5,7,9-11H,2-3,6,8H2,1H3,(H,21,25)(H,22,23,26)/t10-,11+/m0/s1. The molecule has 1 aromatic carbocycles. The lowest BCUT2D eigenvalue weighted by atomic mass is 9.96. The molecule has 0 unspecified atom stereocenters. The van der Waals surface area contributed by atoms with Crippen LogP contribution in [0.15, 0.2) is 23.7 Å². The van der Waals surface area contributed by atoms with Crippen molar-refractivity contribution >= 4 is 57.2 Å². The molecule has 10 heteroatoms. The number of nitrogens with zero attached hydrogens (tertiary/aromatic N) is 3. The topological polar surface area (TPSA) is 87.2 Å². The molecular formula is C17H19Cl2N5O2S. The van der Waals surface area contributed by atoms with Crippen LogP contribution < -0.4 is 10.6 Å². The Hall–Kier alpha value is -1.74. The molecule has 1 fully saturated rings. The average Bonchev–Trinajstić information content (AvgIpc) is 3.16. The number of aromatic nitrogens is 2. The van der Waals surface area contributed by atoms with Gasteiger partial charge in [-0.05, 0) is 44.5 Å². The van der Waals surface area contributed by atoms with E-state index in [2.05, 4.69) is 20.8 Å². The second-order valence-corrected chi connectivity index (χ2v) is 8.03. The van der Waals surface area contributed by atoms with Gasteiger partial charge in [-0.25, -0.2) is 0 Å². The number of hydrogen-bond donors (Lipinski definition) is 2. The molecule has 7 nitrogen and oxygen atoms in total. The van der Waals surface area contributed by atoms with Crippen molar-refractivity contribution in [1.29, 1.82) is 0 Å². The highest BCUT2D eigenvalue weighted by molar-refractivity contribution is 7.13. The predicted molar refractivity (Wildman–Crippen MR) is 107 cm³/mol. The molecule has 1 aromatic heterocycles. The Morgan fingerprint density at radius 1 is 1.33 bits per heavy atom. The molecule has 0 spiro atoms. The number of halogens is 2. The molecule has 0 aliphatic carbocycles. The maximum absolute atomic E-state index is 12.6.